The van der Waals surface area contributed by atoms with Crippen molar-refractivity contribution in [1.82, 2.24) is 19.5 Å². The fourth-order valence-corrected chi connectivity index (χ4v) is 2.14. The molecule has 0 amide bonds. The van der Waals surface area contributed by atoms with Gasteiger partial charge in [0, 0.05) is 5.69 Å². The summed E-state index contributed by atoms with van der Waals surface area (Å²) in [4.78, 5) is 30.5. The molecule has 0 unspecified atom stereocenters. The average Bonchev–Trinajstić information content (AvgIpc) is 2.72. The third-order valence-electron chi connectivity index (χ3n) is 2.60. The summed E-state index contributed by atoms with van der Waals surface area (Å²) in [6.07, 6.45) is 0. The Labute approximate surface area is 105 Å². The third-order valence-corrected chi connectivity index (χ3v) is 2.88. The highest BCUT2D eigenvalue weighted by atomic mass is 32.1. The van der Waals surface area contributed by atoms with Crippen LogP contribution in [0.2, 0.25) is 0 Å². The number of rotatable bonds is 1. The number of aromatic nitrogens is 4. The maximum Gasteiger partial charge on any atom is 0.325 e. The molecule has 6 nitrogen and oxygen atoms in total. The molecule has 2 heterocycles. The largest absolute Gasteiger partial charge is 0.325 e. The standard InChI is InChI=1S/C11H8N4O2S/c16-9-7-8(13-10(17)12-7)15(11(18)14-9)6-4-2-1-3-5-6/h1-5H,(H2,12,13,17)(H,14,16,18). The normalized spacial score (nSPS) is 10.9. The molecule has 0 saturated carbocycles. The van der Waals surface area contributed by atoms with Crippen molar-refractivity contribution in [2.24, 2.45) is 0 Å². The highest BCUT2D eigenvalue weighted by Gasteiger charge is 2.09. The second-order valence-corrected chi connectivity index (χ2v) is 4.12. The molecule has 3 N–H and O–H groups in total. The summed E-state index contributed by atoms with van der Waals surface area (Å²) in [5, 5.41) is 0. The van der Waals surface area contributed by atoms with Crippen LogP contribution in [0.5, 0.6) is 0 Å². The number of imidazole rings is 1. The van der Waals surface area contributed by atoms with Gasteiger partial charge < -0.3 is 0 Å². The van der Waals surface area contributed by atoms with Crippen molar-refractivity contribution < 1.29 is 0 Å². The van der Waals surface area contributed by atoms with Crippen LogP contribution in [0.25, 0.3) is 16.9 Å². The van der Waals surface area contributed by atoms with Crippen molar-refractivity contribution in [1.29, 1.82) is 0 Å². The number of aromatic amines is 3. The lowest BCUT2D eigenvalue weighted by Gasteiger charge is -2.07. The minimum absolute atomic E-state index is 0.178. The smallest absolute Gasteiger partial charge is 0.300 e. The summed E-state index contributed by atoms with van der Waals surface area (Å²) >= 11 is 5.13. The summed E-state index contributed by atoms with van der Waals surface area (Å²) in [7, 11) is 0. The van der Waals surface area contributed by atoms with Crippen LogP contribution in [0.15, 0.2) is 39.9 Å². The molecule has 0 spiro atoms. The van der Waals surface area contributed by atoms with E-state index in [0.29, 0.717) is 5.65 Å². The number of para-hydroxylation sites is 1. The fraction of sp³-hybridized carbons (Fsp3) is 0. The van der Waals surface area contributed by atoms with Crippen molar-refractivity contribution in [3.63, 3.8) is 0 Å². The van der Waals surface area contributed by atoms with E-state index in [1.807, 2.05) is 30.3 Å². The van der Waals surface area contributed by atoms with E-state index in [4.69, 9.17) is 12.2 Å². The fourth-order valence-electron chi connectivity index (χ4n) is 1.85. The first-order chi connectivity index (χ1) is 8.66. The highest BCUT2D eigenvalue weighted by Crippen LogP contribution is 2.11. The lowest BCUT2D eigenvalue weighted by molar-refractivity contribution is 0.973. The molecule has 2 aromatic heterocycles. The van der Waals surface area contributed by atoms with Crippen LogP contribution in [0.4, 0.5) is 0 Å². The van der Waals surface area contributed by atoms with Crippen LogP contribution in [0, 0.1) is 4.77 Å². The van der Waals surface area contributed by atoms with Crippen molar-refractivity contribution >= 4 is 23.4 Å². The minimum atomic E-state index is -0.444. The van der Waals surface area contributed by atoms with Gasteiger partial charge in [-0.1, -0.05) is 18.2 Å². The van der Waals surface area contributed by atoms with E-state index in [0.717, 1.165) is 5.69 Å². The first-order valence-electron chi connectivity index (χ1n) is 5.19. The quantitative estimate of drug-likeness (QED) is 0.572. The van der Waals surface area contributed by atoms with Gasteiger partial charge in [-0.25, -0.2) is 4.79 Å². The Bertz CT molecular complexity index is 885. The summed E-state index contributed by atoms with van der Waals surface area (Å²) in [5.41, 5.74) is 0.442. The maximum atomic E-state index is 11.7. The zero-order valence-electron chi connectivity index (χ0n) is 9.06. The molecular formula is C11H8N4O2S. The first kappa shape index (κ1) is 10.7. The molecular weight excluding hydrogens is 252 g/mol. The zero-order valence-corrected chi connectivity index (χ0v) is 9.88. The lowest BCUT2D eigenvalue weighted by atomic mass is 10.3. The van der Waals surface area contributed by atoms with E-state index in [1.54, 1.807) is 4.57 Å². The van der Waals surface area contributed by atoms with Crippen LogP contribution in [0.1, 0.15) is 0 Å². The van der Waals surface area contributed by atoms with Gasteiger partial charge in [-0.05, 0) is 24.4 Å². The van der Waals surface area contributed by atoms with Crippen molar-refractivity contribution in [3.8, 4) is 5.69 Å². The van der Waals surface area contributed by atoms with Crippen molar-refractivity contribution in [2.75, 3.05) is 0 Å². The molecule has 0 atom stereocenters. The summed E-state index contributed by atoms with van der Waals surface area (Å²) in [6, 6.07) is 9.23. The molecule has 0 aliphatic rings. The molecule has 0 fully saturated rings. The Kier molecular flexibility index (Phi) is 2.27. The number of fused-ring (bicyclic) bond motifs is 1. The second-order valence-electron chi connectivity index (χ2n) is 3.73. The number of H-pyrrole nitrogens is 3. The van der Waals surface area contributed by atoms with Crippen molar-refractivity contribution in [3.05, 3.63) is 55.9 Å². The molecule has 0 aliphatic heterocycles. The summed E-state index contributed by atoms with van der Waals surface area (Å²) in [6.45, 7) is 0. The van der Waals surface area contributed by atoms with E-state index in [-0.39, 0.29) is 10.3 Å². The van der Waals surface area contributed by atoms with Crippen LogP contribution in [-0.2, 0) is 0 Å². The van der Waals surface area contributed by atoms with Gasteiger partial charge in [-0.15, -0.1) is 0 Å². The molecule has 0 bridgehead atoms. The van der Waals surface area contributed by atoms with Crippen LogP contribution < -0.4 is 11.2 Å². The van der Waals surface area contributed by atoms with Gasteiger partial charge in [-0.2, -0.15) is 0 Å². The molecule has 0 saturated heterocycles. The van der Waals surface area contributed by atoms with Gasteiger partial charge in [0.2, 0.25) is 0 Å². The molecule has 90 valence electrons. The Balaban J connectivity index is 2.54. The minimum Gasteiger partial charge on any atom is -0.300 e. The van der Waals surface area contributed by atoms with Gasteiger partial charge in [0.05, 0.1) is 0 Å². The van der Waals surface area contributed by atoms with Crippen LogP contribution in [-0.4, -0.2) is 19.5 Å². The van der Waals surface area contributed by atoms with Gasteiger partial charge >= 0.3 is 5.69 Å². The molecule has 1 aromatic carbocycles. The Morgan fingerprint density at radius 1 is 1.00 bits per heavy atom. The average molecular weight is 260 g/mol. The third kappa shape index (κ3) is 1.52. The van der Waals surface area contributed by atoms with E-state index in [2.05, 4.69) is 15.0 Å². The number of hydrogen-bond acceptors (Lipinski definition) is 3. The Morgan fingerprint density at radius 3 is 2.44 bits per heavy atom. The van der Waals surface area contributed by atoms with Gasteiger partial charge in [0.15, 0.2) is 15.9 Å². The van der Waals surface area contributed by atoms with E-state index in [9.17, 15) is 9.59 Å². The van der Waals surface area contributed by atoms with Gasteiger partial charge in [0.25, 0.3) is 5.56 Å². The number of nitrogens with one attached hydrogen (secondary N) is 3. The summed E-state index contributed by atoms with van der Waals surface area (Å²) < 4.78 is 1.83. The van der Waals surface area contributed by atoms with Crippen LogP contribution in [0.3, 0.4) is 0 Å². The first-order valence-corrected chi connectivity index (χ1v) is 5.60. The van der Waals surface area contributed by atoms with E-state index >= 15 is 0 Å². The predicted octanol–water partition coefficient (Wildman–Crippen LogP) is 1.06. The predicted molar refractivity (Wildman–Crippen MR) is 69.7 cm³/mol. The number of nitrogens with zero attached hydrogens (tertiary/aromatic N) is 1. The zero-order chi connectivity index (χ0) is 12.7. The summed E-state index contributed by atoms with van der Waals surface area (Å²) in [5.74, 6) is 0. The van der Waals surface area contributed by atoms with Crippen LogP contribution >= 0.6 is 12.2 Å². The molecule has 18 heavy (non-hydrogen) atoms. The number of hydrogen-bond donors (Lipinski definition) is 3. The maximum absolute atomic E-state index is 11.7. The van der Waals surface area contributed by atoms with E-state index in [1.165, 1.54) is 0 Å². The monoisotopic (exact) mass is 260 g/mol. The highest BCUT2D eigenvalue weighted by molar-refractivity contribution is 7.71. The van der Waals surface area contributed by atoms with Gasteiger partial charge in [0.1, 0.15) is 0 Å². The van der Waals surface area contributed by atoms with Crippen molar-refractivity contribution in [2.45, 2.75) is 0 Å². The molecule has 0 aliphatic carbocycles. The Morgan fingerprint density at radius 2 is 1.72 bits per heavy atom. The Hall–Kier alpha value is -2.41. The number of benzene rings is 1. The SMILES string of the molecule is O=c1[nH]c2c(=O)[nH]c(=S)n(-c3ccccc3)c2[nH]1. The topological polar surface area (TPSA) is 86.4 Å². The molecule has 3 rings (SSSR count). The second kappa shape index (κ2) is 3.81. The molecule has 0 radical (unpaired) electrons. The molecule has 3 aromatic rings. The lowest BCUT2D eigenvalue weighted by Crippen LogP contribution is -2.13. The molecule has 7 heteroatoms. The van der Waals surface area contributed by atoms with Gasteiger partial charge in [-0.3, -0.25) is 24.3 Å². The van der Waals surface area contributed by atoms with E-state index < -0.39 is 11.2 Å².